The zero-order valence-corrected chi connectivity index (χ0v) is 10.6. The van der Waals surface area contributed by atoms with Gasteiger partial charge in [-0.1, -0.05) is 0 Å². The summed E-state index contributed by atoms with van der Waals surface area (Å²) in [4.78, 5) is 15.3. The van der Waals surface area contributed by atoms with Crippen molar-refractivity contribution in [3.63, 3.8) is 0 Å². The second-order valence-corrected chi connectivity index (χ2v) is 4.57. The van der Waals surface area contributed by atoms with Crippen molar-refractivity contribution in [3.8, 4) is 11.3 Å². The van der Waals surface area contributed by atoms with Crippen LogP contribution in [0.3, 0.4) is 0 Å². The Hall–Kier alpha value is -2.56. The van der Waals surface area contributed by atoms with E-state index in [-0.39, 0.29) is 11.3 Å². The molecule has 3 nitrogen and oxygen atoms in total. The van der Waals surface area contributed by atoms with E-state index in [9.17, 15) is 13.6 Å². The molecule has 0 saturated heterocycles. The monoisotopic (exact) mass is 272 g/mol. The molecular formula is C15H10F2N2O. The van der Waals surface area contributed by atoms with Crippen molar-refractivity contribution in [2.24, 2.45) is 0 Å². The number of carbonyl (C=O) groups is 1. The van der Waals surface area contributed by atoms with Crippen molar-refractivity contribution in [1.29, 1.82) is 0 Å². The lowest BCUT2D eigenvalue weighted by Gasteiger charge is -1.98. The van der Waals surface area contributed by atoms with Gasteiger partial charge in [0, 0.05) is 18.0 Å². The second-order valence-electron chi connectivity index (χ2n) is 4.57. The minimum Gasteiger partial charge on any atom is -0.306 e. The topological polar surface area (TPSA) is 34.4 Å². The van der Waals surface area contributed by atoms with E-state index >= 15 is 0 Å². The third kappa shape index (κ3) is 1.97. The number of hydrogen-bond acceptors (Lipinski definition) is 2. The van der Waals surface area contributed by atoms with Crippen LogP contribution >= 0.6 is 0 Å². The summed E-state index contributed by atoms with van der Waals surface area (Å²) in [7, 11) is 0. The SMILES string of the molecule is Cc1cc(C=O)c2nc(-c3cc(F)ccc3F)cn2c1. The van der Waals surface area contributed by atoms with E-state index in [1.807, 2.05) is 6.92 Å². The largest absolute Gasteiger partial charge is 0.306 e. The Morgan fingerprint density at radius 1 is 1.20 bits per heavy atom. The van der Waals surface area contributed by atoms with Crippen molar-refractivity contribution in [3.05, 3.63) is 59.4 Å². The van der Waals surface area contributed by atoms with E-state index in [0.717, 1.165) is 23.8 Å². The number of pyridine rings is 1. The maximum atomic E-state index is 13.8. The molecule has 1 aromatic carbocycles. The number of aryl methyl sites for hydroxylation is 1. The Kier molecular flexibility index (Phi) is 2.82. The average Bonchev–Trinajstić information content (AvgIpc) is 2.84. The molecule has 0 radical (unpaired) electrons. The lowest BCUT2D eigenvalue weighted by atomic mass is 10.1. The minimum absolute atomic E-state index is 0.0724. The predicted octanol–water partition coefficient (Wildman–Crippen LogP) is 3.40. The van der Waals surface area contributed by atoms with Crippen LogP contribution in [0.15, 0.2) is 36.7 Å². The van der Waals surface area contributed by atoms with Gasteiger partial charge in [0.1, 0.15) is 17.3 Å². The van der Waals surface area contributed by atoms with Crippen molar-refractivity contribution in [2.45, 2.75) is 6.92 Å². The molecular weight excluding hydrogens is 262 g/mol. The van der Waals surface area contributed by atoms with Crippen LogP contribution in [0.25, 0.3) is 16.9 Å². The standard InChI is InChI=1S/C15H10F2N2O/c1-9-4-10(8-20)15-18-14(7-19(15)6-9)12-5-11(16)2-3-13(12)17/h2-8H,1H3. The van der Waals surface area contributed by atoms with Gasteiger partial charge in [0.25, 0.3) is 0 Å². The number of halogens is 2. The van der Waals surface area contributed by atoms with E-state index in [2.05, 4.69) is 4.98 Å². The van der Waals surface area contributed by atoms with Gasteiger partial charge in [0.05, 0.1) is 11.3 Å². The maximum Gasteiger partial charge on any atom is 0.153 e. The first-order chi connectivity index (χ1) is 9.58. The first-order valence-electron chi connectivity index (χ1n) is 5.98. The van der Waals surface area contributed by atoms with Crippen molar-refractivity contribution >= 4 is 11.9 Å². The molecule has 0 fully saturated rings. The fraction of sp³-hybridized carbons (Fsp3) is 0.0667. The number of aromatic nitrogens is 2. The van der Waals surface area contributed by atoms with Gasteiger partial charge in [0.15, 0.2) is 6.29 Å². The molecule has 100 valence electrons. The molecule has 0 unspecified atom stereocenters. The van der Waals surface area contributed by atoms with Gasteiger partial charge in [-0.05, 0) is 36.8 Å². The Balaban J connectivity index is 2.28. The molecule has 0 atom stereocenters. The first-order valence-corrected chi connectivity index (χ1v) is 5.98. The van der Waals surface area contributed by atoms with E-state index in [1.165, 1.54) is 0 Å². The van der Waals surface area contributed by atoms with Crippen LogP contribution in [0.1, 0.15) is 15.9 Å². The fourth-order valence-corrected chi connectivity index (χ4v) is 2.18. The van der Waals surface area contributed by atoms with Crippen molar-refractivity contribution in [1.82, 2.24) is 9.38 Å². The number of hydrogen-bond donors (Lipinski definition) is 0. The molecule has 2 aromatic heterocycles. The number of fused-ring (bicyclic) bond motifs is 1. The molecule has 0 bridgehead atoms. The minimum atomic E-state index is -0.556. The summed E-state index contributed by atoms with van der Waals surface area (Å²) < 4.78 is 28.6. The zero-order valence-electron chi connectivity index (χ0n) is 10.6. The van der Waals surface area contributed by atoms with E-state index in [0.29, 0.717) is 17.5 Å². The van der Waals surface area contributed by atoms with E-state index < -0.39 is 11.6 Å². The highest BCUT2D eigenvalue weighted by atomic mass is 19.1. The number of imidazole rings is 1. The highest BCUT2D eigenvalue weighted by Gasteiger charge is 2.12. The average molecular weight is 272 g/mol. The van der Waals surface area contributed by atoms with Gasteiger partial charge in [0.2, 0.25) is 0 Å². The van der Waals surface area contributed by atoms with Crippen molar-refractivity contribution in [2.75, 3.05) is 0 Å². The molecule has 0 spiro atoms. The summed E-state index contributed by atoms with van der Waals surface area (Å²) in [6.07, 6.45) is 4.05. The first kappa shape index (κ1) is 12.5. The Morgan fingerprint density at radius 2 is 2.00 bits per heavy atom. The van der Waals surface area contributed by atoms with Gasteiger partial charge in [-0.15, -0.1) is 0 Å². The molecule has 3 rings (SSSR count). The van der Waals surface area contributed by atoms with E-state index in [1.54, 1.807) is 22.9 Å². The lowest BCUT2D eigenvalue weighted by molar-refractivity contribution is 0.112. The third-order valence-electron chi connectivity index (χ3n) is 3.05. The van der Waals surface area contributed by atoms with Gasteiger partial charge in [-0.3, -0.25) is 4.79 Å². The zero-order chi connectivity index (χ0) is 14.3. The highest BCUT2D eigenvalue weighted by Crippen LogP contribution is 2.24. The molecule has 20 heavy (non-hydrogen) atoms. The van der Waals surface area contributed by atoms with Gasteiger partial charge in [-0.25, -0.2) is 13.8 Å². The van der Waals surface area contributed by atoms with Gasteiger partial charge in [-0.2, -0.15) is 0 Å². The molecule has 2 heterocycles. The van der Waals surface area contributed by atoms with Crippen LogP contribution < -0.4 is 0 Å². The van der Waals surface area contributed by atoms with E-state index in [4.69, 9.17) is 0 Å². The van der Waals surface area contributed by atoms with Crippen LogP contribution in [0.5, 0.6) is 0 Å². The molecule has 0 aliphatic carbocycles. The number of aldehydes is 1. The molecule has 5 heteroatoms. The van der Waals surface area contributed by atoms with Crippen LogP contribution in [0, 0.1) is 18.6 Å². The normalized spacial score (nSPS) is 10.9. The molecule has 0 N–H and O–H groups in total. The lowest BCUT2D eigenvalue weighted by Crippen LogP contribution is -1.91. The van der Waals surface area contributed by atoms with Gasteiger partial charge < -0.3 is 4.40 Å². The number of rotatable bonds is 2. The quantitative estimate of drug-likeness (QED) is 0.670. The Labute approximate surface area is 113 Å². The highest BCUT2D eigenvalue weighted by molar-refractivity contribution is 5.85. The molecule has 0 amide bonds. The summed E-state index contributed by atoms with van der Waals surface area (Å²) >= 11 is 0. The van der Waals surface area contributed by atoms with Crippen LogP contribution in [-0.2, 0) is 0 Å². The Morgan fingerprint density at radius 3 is 2.75 bits per heavy atom. The van der Waals surface area contributed by atoms with Crippen molar-refractivity contribution < 1.29 is 13.6 Å². The number of nitrogens with zero attached hydrogens (tertiary/aromatic N) is 2. The summed E-state index contributed by atoms with van der Waals surface area (Å²) in [5.74, 6) is -1.09. The Bertz CT molecular complexity index is 824. The predicted molar refractivity (Wildman–Crippen MR) is 70.7 cm³/mol. The molecule has 0 aliphatic heterocycles. The fourth-order valence-electron chi connectivity index (χ4n) is 2.18. The maximum absolute atomic E-state index is 13.8. The third-order valence-corrected chi connectivity index (χ3v) is 3.05. The summed E-state index contributed by atoms with van der Waals surface area (Å²) in [5.41, 5.74) is 2.07. The van der Waals surface area contributed by atoms with Crippen LogP contribution in [-0.4, -0.2) is 15.7 Å². The number of benzene rings is 1. The summed E-state index contributed by atoms with van der Waals surface area (Å²) in [6, 6.07) is 4.89. The van der Waals surface area contributed by atoms with Crippen LogP contribution in [0.4, 0.5) is 8.78 Å². The molecule has 0 aliphatic rings. The molecule has 3 aromatic rings. The summed E-state index contributed by atoms with van der Waals surface area (Å²) in [6.45, 7) is 1.84. The molecule has 0 saturated carbocycles. The van der Waals surface area contributed by atoms with Gasteiger partial charge >= 0.3 is 0 Å². The summed E-state index contributed by atoms with van der Waals surface area (Å²) in [5, 5.41) is 0. The van der Waals surface area contributed by atoms with Crippen LogP contribution in [0.2, 0.25) is 0 Å². The second kappa shape index (κ2) is 4.52. The smallest absolute Gasteiger partial charge is 0.153 e. The number of carbonyl (C=O) groups excluding carboxylic acids is 1.